The van der Waals surface area contributed by atoms with E-state index >= 15 is 0 Å². The van der Waals surface area contributed by atoms with Crippen molar-refractivity contribution in [3.05, 3.63) is 70.6 Å². The second-order valence-electron chi connectivity index (χ2n) is 6.36. The van der Waals surface area contributed by atoms with Crippen molar-refractivity contribution in [3.63, 3.8) is 0 Å². The van der Waals surface area contributed by atoms with E-state index < -0.39 is 0 Å². The Kier molecular flexibility index (Phi) is 3.80. The van der Waals surface area contributed by atoms with Gasteiger partial charge in [0.15, 0.2) is 0 Å². The first-order valence-electron chi connectivity index (χ1n) is 8.34. The van der Waals surface area contributed by atoms with Crippen molar-refractivity contribution in [2.45, 2.75) is 13.5 Å². The van der Waals surface area contributed by atoms with Gasteiger partial charge in [0.2, 0.25) is 5.91 Å². The number of fused-ring (bicyclic) bond motifs is 3. The quantitative estimate of drug-likeness (QED) is 0.620. The average Bonchev–Trinajstić information content (AvgIpc) is 3.02. The Morgan fingerprint density at radius 2 is 1.92 bits per heavy atom. The minimum atomic E-state index is -0.300. The van der Waals surface area contributed by atoms with Crippen molar-refractivity contribution < 1.29 is 4.79 Å². The Morgan fingerprint density at radius 1 is 1.15 bits per heavy atom. The average molecular weight is 346 g/mol. The van der Waals surface area contributed by atoms with Gasteiger partial charge in [0.05, 0.1) is 6.20 Å². The topological polar surface area (TPSA) is 71.0 Å². The van der Waals surface area contributed by atoms with Crippen LogP contribution in [0.3, 0.4) is 0 Å². The van der Waals surface area contributed by atoms with Crippen LogP contribution in [0.15, 0.2) is 59.5 Å². The van der Waals surface area contributed by atoms with E-state index in [0.717, 1.165) is 27.5 Å². The van der Waals surface area contributed by atoms with Crippen molar-refractivity contribution in [2.75, 3.05) is 11.9 Å². The minimum absolute atomic E-state index is 0.117. The highest BCUT2D eigenvalue weighted by molar-refractivity contribution is 6.06. The zero-order valence-corrected chi connectivity index (χ0v) is 14.6. The first kappa shape index (κ1) is 16.1. The number of likely N-dealkylation sites (N-methyl/N-ethyl adjacent to an activating group) is 1. The minimum Gasteiger partial charge on any atom is -0.350 e. The number of para-hydroxylation sites is 1. The molecule has 0 fully saturated rings. The van der Waals surface area contributed by atoms with Gasteiger partial charge >= 0.3 is 0 Å². The molecule has 2 aromatic carbocycles. The van der Waals surface area contributed by atoms with Gasteiger partial charge < -0.3 is 9.88 Å². The molecule has 0 bridgehead atoms. The number of benzene rings is 2. The normalized spacial score (nSPS) is 11.2. The summed E-state index contributed by atoms with van der Waals surface area (Å²) in [6.07, 6.45) is 1.64. The number of anilines is 1. The molecule has 0 spiro atoms. The number of aromatic nitrogens is 3. The fourth-order valence-electron chi connectivity index (χ4n) is 3.08. The Bertz CT molecular complexity index is 1180. The monoisotopic (exact) mass is 346 g/mol. The highest BCUT2D eigenvalue weighted by Crippen LogP contribution is 2.23. The van der Waals surface area contributed by atoms with Crippen LogP contribution < -0.4 is 10.5 Å². The fraction of sp³-hybridized carbons (Fsp3) is 0.150. The molecule has 0 unspecified atom stereocenters. The Labute approximate surface area is 149 Å². The third kappa shape index (κ3) is 2.65. The highest BCUT2D eigenvalue weighted by Gasteiger charge is 2.15. The molecule has 0 saturated carbocycles. The smallest absolute Gasteiger partial charge is 0.291 e. The largest absolute Gasteiger partial charge is 0.350 e. The summed E-state index contributed by atoms with van der Waals surface area (Å²) in [4.78, 5) is 30.0. The number of H-pyrrole nitrogens is 1. The standard InChI is InChI=1S/C20H18N4O2/c1-13-8-9-17-15(10-13)16-11-21-24(20(26)19(16)22-17)12-18(25)23(2)14-6-4-3-5-7-14/h3-11,22H,12H2,1-2H3. The molecule has 2 aromatic heterocycles. The summed E-state index contributed by atoms with van der Waals surface area (Å²) in [6.45, 7) is 1.89. The lowest BCUT2D eigenvalue weighted by molar-refractivity contribution is -0.119. The van der Waals surface area contributed by atoms with Crippen molar-refractivity contribution in [2.24, 2.45) is 0 Å². The molecular weight excluding hydrogens is 328 g/mol. The van der Waals surface area contributed by atoms with Gasteiger partial charge in [-0.15, -0.1) is 0 Å². The molecule has 0 aliphatic heterocycles. The second-order valence-corrected chi connectivity index (χ2v) is 6.36. The summed E-state index contributed by atoms with van der Waals surface area (Å²) in [5.41, 5.74) is 2.94. The van der Waals surface area contributed by atoms with Gasteiger partial charge in [-0.2, -0.15) is 5.10 Å². The van der Waals surface area contributed by atoms with E-state index in [2.05, 4.69) is 10.1 Å². The van der Waals surface area contributed by atoms with E-state index in [4.69, 9.17) is 0 Å². The van der Waals surface area contributed by atoms with Gasteiger partial charge in [0.25, 0.3) is 5.56 Å². The molecule has 4 rings (SSSR count). The highest BCUT2D eigenvalue weighted by atomic mass is 16.2. The predicted molar refractivity (Wildman–Crippen MR) is 102 cm³/mol. The van der Waals surface area contributed by atoms with Crippen LogP contribution in [0, 0.1) is 6.92 Å². The molecule has 0 aliphatic carbocycles. The predicted octanol–water partition coefficient (Wildman–Crippen LogP) is 2.85. The summed E-state index contributed by atoms with van der Waals surface area (Å²) in [7, 11) is 1.69. The zero-order valence-electron chi connectivity index (χ0n) is 14.6. The third-order valence-corrected chi connectivity index (χ3v) is 4.57. The number of nitrogens with zero attached hydrogens (tertiary/aromatic N) is 3. The molecule has 26 heavy (non-hydrogen) atoms. The van der Waals surface area contributed by atoms with E-state index in [-0.39, 0.29) is 18.0 Å². The van der Waals surface area contributed by atoms with E-state index in [1.165, 1.54) is 9.58 Å². The summed E-state index contributed by atoms with van der Waals surface area (Å²) >= 11 is 0. The lowest BCUT2D eigenvalue weighted by Gasteiger charge is -2.17. The van der Waals surface area contributed by atoms with Crippen molar-refractivity contribution in [1.82, 2.24) is 14.8 Å². The molecule has 0 saturated heterocycles. The number of carbonyl (C=O) groups is 1. The molecule has 1 N–H and O–H groups in total. The number of aromatic amines is 1. The molecule has 2 heterocycles. The first-order valence-corrected chi connectivity index (χ1v) is 8.34. The van der Waals surface area contributed by atoms with E-state index in [1.54, 1.807) is 13.2 Å². The third-order valence-electron chi connectivity index (χ3n) is 4.57. The van der Waals surface area contributed by atoms with E-state index in [9.17, 15) is 9.59 Å². The first-order chi connectivity index (χ1) is 12.5. The van der Waals surface area contributed by atoms with Crippen LogP contribution in [0.2, 0.25) is 0 Å². The number of carbonyl (C=O) groups excluding carboxylic acids is 1. The van der Waals surface area contributed by atoms with Gasteiger partial charge in [0, 0.05) is 29.0 Å². The molecule has 6 heteroatoms. The van der Waals surface area contributed by atoms with Gasteiger partial charge in [-0.05, 0) is 31.2 Å². The lowest BCUT2D eigenvalue weighted by Crippen LogP contribution is -2.35. The molecule has 0 aliphatic rings. The van der Waals surface area contributed by atoms with Gasteiger partial charge in [-0.1, -0.05) is 29.8 Å². The van der Waals surface area contributed by atoms with Crippen LogP contribution in [0.25, 0.3) is 21.8 Å². The van der Waals surface area contributed by atoms with E-state index in [1.807, 2.05) is 55.5 Å². The van der Waals surface area contributed by atoms with Crippen LogP contribution in [-0.2, 0) is 11.3 Å². The molecule has 6 nitrogen and oxygen atoms in total. The summed E-state index contributed by atoms with van der Waals surface area (Å²) in [6, 6.07) is 15.3. The lowest BCUT2D eigenvalue weighted by atomic mass is 10.1. The van der Waals surface area contributed by atoms with Crippen molar-refractivity contribution in [3.8, 4) is 0 Å². The van der Waals surface area contributed by atoms with Gasteiger partial charge in [0.1, 0.15) is 12.1 Å². The number of amides is 1. The SMILES string of the molecule is Cc1ccc2[nH]c3c(=O)n(CC(=O)N(C)c4ccccc4)ncc3c2c1. The Hall–Kier alpha value is -3.41. The maximum Gasteiger partial charge on any atom is 0.291 e. The van der Waals surface area contributed by atoms with Gasteiger partial charge in [-0.3, -0.25) is 9.59 Å². The van der Waals surface area contributed by atoms with Crippen molar-refractivity contribution >= 4 is 33.4 Å². The summed E-state index contributed by atoms with van der Waals surface area (Å²) < 4.78 is 1.20. The summed E-state index contributed by atoms with van der Waals surface area (Å²) in [5, 5.41) is 5.95. The van der Waals surface area contributed by atoms with Crippen LogP contribution in [0.1, 0.15) is 5.56 Å². The Morgan fingerprint density at radius 3 is 2.69 bits per heavy atom. The van der Waals surface area contributed by atoms with Crippen LogP contribution in [-0.4, -0.2) is 27.7 Å². The van der Waals surface area contributed by atoms with Crippen LogP contribution >= 0.6 is 0 Å². The molecular formula is C20H18N4O2. The number of nitrogens with one attached hydrogen (secondary N) is 1. The Balaban J connectivity index is 1.71. The molecule has 130 valence electrons. The number of aryl methyl sites for hydroxylation is 1. The maximum absolute atomic E-state index is 12.8. The number of hydrogen-bond acceptors (Lipinski definition) is 3. The van der Waals surface area contributed by atoms with Crippen LogP contribution in [0.5, 0.6) is 0 Å². The van der Waals surface area contributed by atoms with Gasteiger partial charge in [-0.25, -0.2) is 4.68 Å². The number of hydrogen-bond donors (Lipinski definition) is 1. The van der Waals surface area contributed by atoms with E-state index in [0.29, 0.717) is 5.52 Å². The second kappa shape index (κ2) is 6.15. The molecule has 0 radical (unpaired) electrons. The summed E-state index contributed by atoms with van der Waals surface area (Å²) in [5.74, 6) is -0.211. The maximum atomic E-state index is 12.8. The van der Waals surface area contributed by atoms with Crippen LogP contribution in [0.4, 0.5) is 5.69 Å². The zero-order chi connectivity index (χ0) is 18.3. The van der Waals surface area contributed by atoms with Crippen molar-refractivity contribution in [1.29, 1.82) is 0 Å². The molecule has 4 aromatic rings. The number of rotatable bonds is 3. The molecule has 1 amide bonds. The molecule has 0 atom stereocenters. The fourth-order valence-corrected chi connectivity index (χ4v) is 3.08.